The van der Waals surface area contributed by atoms with Crippen molar-refractivity contribution in [3.8, 4) is 5.75 Å². The molecule has 0 bridgehead atoms. The molecule has 0 unspecified atom stereocenters. The van der Waals surface area contributed by atoms with E-state index in [1.165, 1.54) is 4.88 Å². The molecule has 106 valence electrons. The molecular formula is C15H18N2O2S. The largest absolute Gasteiger partial charge is 0.492 e. The fourth-order valence-electron chi connectivity index (χ4n) is 1.83. The van der Waals surface area contributed by atoms with Gasteiger partial charge in [-0.3, -0.25) is 4.79 Å². The van der Waals surface area contributed by atoms with E-state index in [4.69, 9.17) is 10.5 Å². The van der Waals surface area contributed by atoms with Crippen LogP contribution in [0.15, 0.2) is 30.3 Å². The first-order valence-electron chi connectivity index (χ1n) is 6.46. The molecule has 0 aliphatic rings. The summed E-state index contributed by atoms with van der Waals surface area (Å²) >= 11 is 1.68. The molecule has 0 aliphatic heterocycles. The Morgan fingerprint density at radius 1 is 1.35 bits per heavy atom. The summed E-state index contributed by atoms with van der Waals surface area (Å²) in [5.74, 6) is 0.476. The third kappa shape index (κ3) is 3.51. The fraction of sp³-hybridized carbons (Fsp3) is 0.267. The summed E-state index contributed by atoms with van der Waals surface area (Å²) in [4.78, 5) is 14.4. The maximum Gasteiger partial charge on any atom is 0.251 e. The number of nitrogens with one attached hydrogen (secondary N) is 1. The maximum atomic E-state index is 12.0. The number of carbonyl (C=O) groups excluding carboxylic acids is 1. The smallest absolute Gasteiger partial charge is 0.251 e. The lowest BCUT2D eigenvalue weighted by Gasteiger charge is -2.09. The molecule has 0 spiro atoms. The number of carbonyl (C=O) groups is 1. The van der Waals surface area contributed by atoms with Crippen LogP contribution in [-0.2, 0) is 6.54 Å². The number of aryl methyl sites for hydroxylation is 1. The molecule has 0 fully saturated rings. The van der Waals surface area contributed by atoms with Gasteiger partial charge in [0.1, 0.15) is 5.75 Å². The van der Waals surface area contributed by atoms with Gasteiger partial charge in [-0.2, -0.15) is 0 Å². The van der Waals surface area contributed by atoms with Crippen LogP contribution in [0.25, 0.3) is 0 Å². The number of hydrogen-bond donors (Lipinski definition) is 2. The zero-order valence-corrected chi connectivity index (χ0v) is 12.4. The Morgan fingerprint density at radius 3 is 2.75 bits per heavy atom. The number of nitrogens with two attached hydrogens (primary N) is 1. The summed E-state index contributed by atoms with van der Waals surface area (Å²) in [5, 5.41) is 2.88. The van der Waals surface area contributed by atoms with Gasteiger partial charge in [0.25, 0.3) is 5.91 Å². The molecular weight excluding hydrogens is 272 g/mol. The van der Waals surface area contributed by atoms with E-state index in [9.17, 15) is 4.79 Å². The molecule has 0 saturated carbocycles. The second-order valence-corrected chi connectivity index (χ2v) is 5.75. The van der Waals surface area contributed by atoms with Gasteiger partial charge in [-0.15, -0.1) is 11.3 Å². The first kappa shape index (κ1) is 14.4. The minimum atomic E-state index is -0.134. The zero-order valence-electron chi connectivity index (χ0n) is 11.6. The Hall–Kier alpha value is -2.01. The molecule has 1 heterocycles. The van der Waals surface area contributed by atoms with Crippen molar-refractivity contribution in [2.75, 3.05) is 12.3 Å². The van der Waals surface area contributed by atoms with Crippen LogP contribution in [0.1, 0.15) is 27.0 Å². The van der Waals surface area contributed by atoms with E-state index in [0.29, 0.717) is 30.2 Å². The minimum absolute atomic E-state index is 0.134. The van der Waals surface area contributed by atoms with Crippen LogP contribution in [0.5, 0.6) is 5.75 Å². The number of rotatable bonds is 5. The van der Waals surface area contributed by atoms with E-state index in [1.807, 2.05) is 26.0 Å². The summed E-state index contributed by atoms with van der Waals surface area (Å²) < 4.78 is 5.35. The predicted octanol–water partition coefficient (Wildman–Crippen LogP) is 2.97. The Morgan fingerprint density at radius 2 is 2.15 bits per heavy atom. The van der Waals surface area contributed by atoms with Gasteiger partial charge in [0.2, 0.25) is 0 Å². The number of amides is 1. The quantitative estimate of drug-likeness (QED) is 0.832. The highest BCUT2D eigenvalue weighted by Crippen LogP contribution is 2.22. The average Bonchev–Trinajstić information content (AvgIpc) is 2.84. The third-order valence-electron chi connectivity index (χ3n) is 2.79. The molecule has 0 atom stereocenters. The second kappa shape index (κ2) is 6.43. The van der Waals surface area contributed by atoms with Gasteiger partial charge >= 0.3 is 0 Å². The maximum absolute atomic E-state index is 12.0. The lowest BCUT2D eigenvalue weighted by molar-refractivity contribution is 0.0951. The highest BCUT2D eigenvalue weighted by molar-refractivity contribution is 7.11. The van der Waals surface area contributed by atoms with Crippen LogP contribution >= 0.6 is 11.3 Å². The van der Waals surface area contributed by atoms with Crippen LogP contribution in [0.3, 0.4) is 0 Å². The topological polar surface area (TPSA) is 64.3 Å². The summed E-state index contributed by atoms with van der Waals surface area (Å²) in [6.07, 6.45) is 0. The fourth-order valence-corrected chi connectivity index (χ4v) is 2.66. The standard InChI is InChI=1S/C15H18N2O2S/c1-3-19-14-7-5-11(8-13(14)16)15(18)17-9-12-6-4-10(2)20-12/h4-8H,3,9,16H2,1-2H3,(H,17,18). The first-order valence-corrected chi connectivity index (χ1v) is 7.27. The summed E-state index contributed by atoms with van der Waals surface area (Å²) in [6.45, 7) is 5.02. The van der Waals surface area contributed by atoms with Gasteiger partial charge in [-0.05, 0) is 44.2 Å². The van der Waals surface area contributed by atoms with Crippen molar-refractivity contribution in [1.82, 2.24) is 5.32 Å². The normalized spacial score (nSPS) is 10.3. The molecule has 2 aromatic rings. The predicted molar refractivity (Wildman–Crippen MR) is 82.2 cm³/mol. The molecule has 5 heteroatoms. The molecule has 4 nitrogen and oxygen atoms in total. The zero-order chi connectivity index (χ0) is 14.5. The van der Waals surface area contributed by atoms with E-state index >= 15 is 0 Å². The van der Waals surface area contributed by atoms with Crippen molar-refractivity contribution < 1.29 is 9.53 Å². The molecule has 2 rings (SSSR count). The minimum Gasteiger partial charge on any atom is -0.492 e. The van der Waals surface area contributed by atoms with Crippen molar-refractivity contribution in [2.24, 2.45) is 0 Å². The van der Waals surface area contributed by atoms with Crippen molar-refractivity contribution in [2.45, 2.75) is 20.4 Å². The third-order valence-corrected chi connectivity index (χ3v) is 3.79. The van der Waals surface area contributed by atoms with Gasteiger partial charge in [-0.1, -0.05) is 0 Å². The molecule has 0 saturated heterocycles. The Balaban J connectivity index is 2.00. The lowest BCUT2D eigenvalue weighted by Crippen LogP contribution is -2.22. The molecule has 3 N–H and O–H groups in total. The highest BCUT2D eigenvalue weighted by atomic mass is 32.1. The van der Waals surface area contributed by atoms with Crippen LogP contribution < -0.4 is 15.8 Å². The van der Waals surface area contributed by atoms with Crippen molar-refractivity contribution >= 4 is 22.9 Å². The number of hydrogen-bond acceptors (Lipinski definition) is 4. The van der Waals surface area contributed by atoms with Crippen molar-refractivity contribution in [3.63, 3.8) is 0 Å². The van der Waals surface area contributed by atoms with Crippen LogP contribution in [0, 0.1) is 6.92 Å². The lowest BCUT2D eigenvalue weighted by atomic mass is 10.1. The van der Waals surface area contributed by atoms with Gasteiger partial charge in [0, 0.05) is 15.3 Å². The Labute approximate surface area is 122 Å². The molecule has 20 heavy (non-hydrogen) atoms. The number of thiophene rings is 1. The van der Waals surface area contributed by atoms with E-state index in [0.717, 1.165) is 4.88 Å². The molecule has 1 amide bonds. The number of anilines is 1. The second-order valence-electron chi connectivity index (χ2n) is 4.38. The average molecular weight is 290 g/mol. The van der Waals surface area contributed by atoms with Crippen LogP contribution in [0.2, 0.25) is 0 Å². The summed E-state index contributed by atoms with van der Waals surface area (Å²) in [7, 11) is 0. The molecule has 0 radical (unpaired) electrons. The highest BCUT2D eigenvalue weighted by Gasteiger charge is 2.09. The van der Waals surface area contributed by atoms with Gasteiger partial charge < -0.3 is 15.8 Å². The van der Waals surface area contributed by atoms with E-state index in [1.54, 1.807) is 29.5 Å². The number of benzene rings is 1. The van der Waals surface area contributed by atoms with E-state index in [-0.39, 0.29) is 5.91 Å². The summed E-state index contributed by atoms with van der Waals surface area (Å²) in [6, 6.07) is 9.15. The van der Waals surface area contributed by atoms with E-state index < -0.39 is 0 Å². The summed E-state index contributed by atoms with van der Waals surface area (Å²) in [5.41, 5.74) is 6.87. The van der Waals surface area contributed by atoms with Gasteiger partial charge in [-0.25, -0.2) is 0 Å². The molecule has 1 aromatic carbocycles. The molecule has 0 aliphatic carbocycles. The SMILES string of the molecule is CCOc1ccc(C(=O)NCc2ccc(C)s2)cc1N. The number of ether oxygens (including phenoxy) is 1. The Bertz CT molecular complexity index is 608. The Kier molecular flexibility index (Phi) is 4.63. The monoisotopic (exact) mass is 290 g/mol. The van der Waals surface area contributed by atoms with Crippen LogP contribution in [-0.4, -0.2) is 12.5 Å². The van der Waals surface area contributed by atoms with Crippen molar-refractivity contribution in [1.29, 1.82) is 0 Å². The van der Waals surface area contributed by atoms with E-state index in [2.05, 4.69) is 5.32 Å². The van der Waals surface area contributed by atoms with Gasteiger partial charge in [0.15, 0.2) is 0 Å². The molecule has 1 aromatic heterocycles. The first-order chi connectivity index (χ1) is 9.60. The van der Waals surface area contributed by atoms with Crippen LogP contribution in [0.4, 0.5) is 5.69 Å². The number of nitrogen functional groups attached to an aromatic ring is 1. The van der Waals surface area contributed by atoms with Crippen molar-refractivity contribution in [3.05, 3.63) is 45.6 Å². The van der Waals surface area contributed by atoms with Gasteiger partial charge in [0.05, 0.1) is 18.8 Å².